The number of carbonyl (C=O) groups excluding carboxylic acids is 2. The average Bonchev–Trinajstić information content (AvgIpc) is 2.42. The number of nitrogens with one attached hydrogen (secondary N) is 2. The molecule has 19 heavy (non-hydrogen) atoms. The number of rotatable bonds is 3. The van der Waals surface area contributed by atoms with E-state index in [4.69, 9.17) is 5.11 Å². The second kappa shape index (κ2) is 7.19. The molecule has 0 aliphatic rings. The highest BCUT2D eigenvalue weighted by atomic mass is 16.2. The van der Waals surface area contributed by atoms with E-state index >= 15 is 0 Å². The molecule has 0 saturated carbocycles. The van der Waals surface area contributed by atoms with Gasteiger partial charge in [0, 0.05) is 12.6 Å². The van der Waals surface area contributed by atoms with E-state index in [2.05, 4.69) is 22.5 Å². The van der Waals surface area contributed by atoms with Crippen LogP contribution in [0.1, 0.15) is 21.5 Å². The first-order valence-electron chi connectivity index (χ1n) is 5.77. The van der Waals surface area contributed by atoms with Crippen LogP contribution in [0.2, 0.25) is 0 Å². The zero-order valence-corrected chi connectivity index (χ0v) is 10.9. The summed E-state index contributed by atoms with van der Waals surface area (Å²) in [5.74, 6) is 4.57. The summed E-state index contributed by atoms with van der Waals surface area (Å²) in [5, 5.41) is 13.6. The van der Waals surface area contributed by atoms with E-state index in [0.717, 1.165) is 5.56 Å². The largest absolute Gasteiger partial charge is 0.384 e. The second-order valence-electron chi connectivity index (χ2n) is 3.86. The lowest BCUT2D eigenvalue weighted by molar-refractivity contribution is -0.119. The summed E-state index contributed by atoms with van der Waals surface area (Å²) in [6, 6.07) is 5.24. The Bertz CT molecular complexity index is 541. The zero-order valence-electron chi connectivity index (χ0n) is 10.9. The maximum atomic E-state index is 12.0. The Balaban J connectivity index is 2.94. The molecule has 100 valence electrons. The predicted molar refractivity (Wildman–Crippen MR) is 71.5 cm³/mol. The third-order valence-corrected chi connectivity index (χ3v) is 2.41. The molecule has 3 N–H and O–H groups in total. The number of aryl methyl sites for hydroxylation is 1. The molecule has 2 amide bonds. The van der Waals surface area contributed by atoms with E-state index in [1.54, 1.807) is 12.1 Å². The van der Waals surface area contributed by atoms with Crippen LogP contribution in [0.5, 0.6) is 0 Å². The highest BCUT2D eigenvalue weighted by Gasteiger charge is 2.11. The molecule has 0 heterocycles. The number of aliphatic hydroxyl groups excluding tert-OH is 1. The minimum Gasteiger partial charge on any atom is -0.384 e. The molecule has 1 aromatic carbocycles. The van der Waals surface area contributed by atoms with Crippen molar-refractivity contribution >= 4 is 11.8 Å². The predicted octanol–water partition coefficient (Wildman–Crippen LogP) is -0.185. The molecule has 0 spiro atoms. The van der Waals surface area contributed by atoms with Gasteiger partial charge in [-0.05, 0) is 19.1 Å². The summed E-state index contributed by atoms with van der Waals surface area (Å²) in [5.41, 5.74) is 1.83. The van der Waals surface area contributed by atoms with E-state index < -0.39 is 0 Å². The summed E-state index contributed by atoms with van der Waals surface area (Å²) in [6.45, 7) is 1.50. The van der Waals surface area contributed by atoms with Gasteiger partial charge in [-0.2, -0.15) is 0 Å². The number of likely N-dealkylation sites (N-methyl/N-ethyl adjacent to an activating group) is 1. The molecule has 0 atom stereocenters. The molecule has 0 unspecified atom stereocenters. The van der Waals surface area contributed by atoms with Crippen LogP contribution in [0.25, 0.3) is 0 Å². The normalized spacial score (nSPS) is 9.21. The van der Waals surface area contributed by atoms with Crippen molar-refractivity contribution in [2.75, 3.05) is 20.2 Å². The molecule has 0 bridgehead atoms. The molecule has 1 rings (SSSR count). The average molecular weight is 260 g/mol. The molecular formula is C14H16N2O3. The number of amides is 2. The highest BCUT2D eigenvalue weighted by Crippen LogP contribution is 2.10. The van der Waals surface area contributed by atoms with E-state index in [1.165, 1.54) is 7.05 Å². The lowest BCUT2D eigenvalue weighted by atomic mass is 10.0. The van der Waals surface area contributed by atoms with Crippen molar-refractivity contribution in [2.24, 2.45) is 0 Å². The fourth-order valence-electron chi connectivity index (χ4n) is 1.43. The van der Waals surface area contributed by atoms with Crippen LogP contribution in [0.4, 0.5) is 0 Å². The molecule has 1 aromatic rings. The Hall–Kier alpha value is -2.32. The van der Waals surface area contributed by atoms with E-state index in [1.807, 2.05) is 13.0 Å². The van der Waals surface area contributed by atoms with Gasteiger partial charge in [0.05, 0.1) is 12.1 Å². The van der Waals surface area contributed by atoms with E-state index in [9.17, 15) is 9.59 Å². The van der Waals surface area contributed by atoms with Gasteiger partial charge in [0.2, 0.25) is 5.91 Å². The zero-order chi connectivity index (χ0) is 14.3. The van der Waals surface area contributed by atoms with Crippen LogP contribution in [-0.2, 0) is 4.79 Å². The Kier molecular flexibility index (Phi) is 5.58. The van der Waals surface area contributed by atoms with E-state index in [0.29, 0.717) is 11.1 Å². The van der Waals surface area contributed by atoms with Gasteiger partial charge >= 0.3 is 0 Å². The number of hydrogen-bond acceptors (Lipinski definition) is 3. The van der Waals surface area contributed by atoms with Gasteiger partial charge in [-0.3, -0.25) is 9.59 Å². The smallest absolute Gasteiger partial charge is 0.252 e. The Morgan fingerprint density at radius 1 is 1.37 bits per heavy atom. The van der Waals surface area contributed by atoms with Gasteiger partial charge in [0.1, 0.15) is 6.61 Å². The molecule has 0 fully saturated rings. The molecule has 5 nitrogen and oxygen atoms in total. The third kappa shape index (κ3) is 4.45. The summed E-state index contributed by atoms with van der Waals surface area (Å²) in [6.07, 6.45) is 0. The van der Waals surface area contributed by atoms with Gasteiger partial charge in [-0.15, -0.1) is 0 Å². The molecule has 0 saturated heterocycles. The summed E-state index contributed by atoms with van der Waals surface area (Å²) < 4.78 is 0. The lowest BCUT2D eigenvalue weighted by Gasteiger charge is -2.07. The monoisotopic (exact) mass is 260 g/mol. The topological polar surface area (TPSA) is 78.4 Å². The van der Waals surface area contributed by atoms with Crippen LogP contribution in [0.3, 0.4) is 0 Å². The van der Waals surface area contributed by atoms with Gasteiger partial charge in [0.25, 0.3) is 5.91 Å². The van der Waals surface area contributed by atoms with Gasteiger partial charge in [-0.1, -0.05) is 23.5 Å². The van der Waals surface area contributed by atoms with Crippen molar-refractivity contribution in [2.45, 2.75) is 6.92 Å². The fraction of sp³-hybridized carbons (Fsp3) is 0.286. The lowest BCUT2D eigenvalue weighted by Crippen LogP contribution is -2.35. The Morgan fingerprint density at radius 2 is 2.11 bits per heavy atom. The van der Waals surface area contributed by atoms with Gasteiger partial charge in [0.15, 0.2) is 0 Å². The third-order valence-electron chi connectivity index (χ3n) is 2.41. The number of hydrogen-bond donors (Lipinski definition) is 3. The van der Waals surface area contributed by atoms with Crippen molar-refractivity contribution in [3.8, 4) is 11.8 Å². The molecule has 0 radical (unpaired) electrons. The highest BCUT2D eigenvalue weighted by molar-refractivity contribution is 5.98. The number of benzene rings is 1. The SMILES string of the molecule is CNC(=O)CNC(=O)c1cc(C)ccc1C#CCO. The van der Waals surface area contributed by atoms with Crippen LogP contribution in [-0.4, -0.2) is 37.1 Å². The van der Waals surface area contributed by atoms with Crippen molar-refractivity contribution in [1.29, 1.82) is 0 Å². The molecule has 0 aliphatic carbocycles. The van der Waals surface area contributed by atoms with Crippen LogP contribution < -0.4 is 10.6 Å². The molecule has 0 aliphatic heterocycles. The van der Waals surface area contributed by atoms with E-state index in [-0.39, 0.29) is 25.0 Å². The van der Waals surface area contributed by atoms with Gasteiger partial charge in [-0.25, -0.2) is 0 Å². The van der Waals surface area contributed by atoms with Crippen LogP contribution >= 0.6 is 0 Å². The fourth-order valence-corrected chi connectivity index (χ4v) is 1.43. The Morgan fingerprint density at radius 3 is 2.74 bits per heavy atom. The van der Waals surface area contributed by atoms with Crippen LogP contribution in [0, 0.1) is 18.8 Å². The second-order valence-corrected chi connectivity index (χ2v) is 3.86. The first kappa shape index (κ1) is 14.7. The maximum Gasteiger partial charge on any atom is 0.252 e. The standard InChI is InChI=1S/C14H16N2O3/c1-10-5-6-11(4-3-7-17)12(8-10)14(19)16-9-13(18)15-2/h5-6,8,17H,7,9H2,1-2H3,(H,15,18)(H,16,19). The molecule has 0 aromatic heterocycles. The molecular weight excluding hydrogens is 244 g/mol. The summed E-state index contributed by atoms with van der Waals surface area (Å²) in [4.78, 5) is 23.1. The van der Waals surface area contributed by atoms with Crippen molar-refractivity contribution in [1.82, 2.24) is 10.6 Å². The van der Waals surface area contributed by atoms with Gasteiger partial charge < -0.3 is 15.7 Å². The molecule has 5 heteroatoms. The summed E-state index contributed by atoms with van der Waals surface area (Å²) >= 11 is 0. The number of carbonyl (C=O) groups is 2. The first-order chi connectivity index (χ1) is 9.08. The number of aliphatic hydroxyl groups is 1. The Labute approximate surface area is 112 Å². The first-order valence-corrected chi connectivity index (χ1v) is 5.77. The van der Waals surface area contributed by atoms with Crippen molar-refractivity contribution < 1.29 is 14.7 Å². The van der Waals surface area contributed by atoms with Crippen LogP contribution in [0.15, 0.2) is 18.2 Å². The maximum absolute atomic E-state index is 12.0. The van der Waals surface area contributed by atoms with Crippen molar-refractivity contribution in [3.05, 3.63) is 34.9 Å². The minimum absolute atomic E-state index is 0.0872. The van der Waals surface area contributed by atoms with Crippen molar-refractivity contribution in [3.63, 3.8) is 0 Å². The minimum atomic E-state index is -0.366. The quantitative estimate of drug-likeness (QED) is 0.659. The summed E-state index contributed by atoms with van der Waals surface area (Å²) in [7, 11) is 1.50.